The van der Waals surface area contributed by atoms with E-state index in [0.29, 0.717) is 28.3 Å². The number of carbonyl (C=O) groups is 2. The number of benzene rings is 2. The van der Waals surface area contributed by atoms with Crippen molar-refractivity contribution >= 4 is 23.7 Å². The van der Waals surface area contributed by atoms with Crippen molar-refractivity contribution in [1.29, 1.82) is 0 Å². The van der Waals surface area contributed by atoms with Gasteiger partial charge in [0.1, 0.15) is 24.5 Å². The van der Waals surface area contributed by atoms with Crippen molar-refractivity contribution in [3.8, 4) is 5.75 Å². The lowest BCUT2D eigenvalue weighted by molar-refractivity contribution is -0.139. The third kappa shape index (κ3) is 5.20. The van der Waals surface area contributed by atoms with Crippen LogP contribution in [0.2, 0.25) is 5.02 Å². The highest BCUT2D eigenvalue weighted by Gasteiger charge is 2.35. The lowest BCUT2D eigenvalue weighted by Crippen LogP contribution is -2.41. The first-order chi connectivity index (χ1) is 15.9. The minimum absolute atomic E-state index is 0.0568. The summed E-state index contributed by atoms with van der Waals surface area (Å²) in [5.41, 5.74) is 2.39. The predicted molar refractivity (Wildman–Crippen MR) is 115 cm³/mol. The fourth-order valence-corrected chi connectivity index (χ4v) is 3.93. The quantitative estimate of drug-likeness (QED) is 0.579. The van der Waals surface area contributed by atoms with E-state index >= 15 is 0 Å². The van der Waals surface area contributed by atoms with E-state index < -0.39 is 24.7 Å². The van der Waals surface area contributed by atoms with Crippen LogP contribution in [0.25, 0.3) is 0 Å². The third-order valence-corrected chi connectivity index (χ3v) is 5.41. The molecule has 0 radical (unpaired) electrons. The van der Waals surface area contributed by atoms with Gasteiger partial charge in [-0.3, -0.25) is 4.90 Å². The summed E-state index contributed by atoms with van der Waals surface area (Å²) in [7, 11) is 0. The number of hydrogen-bond acceptors (Lipinski definition) is 6. The number of ether oxygens (including phenoxy) is 2. The van der Waals surface area contributed by atoms with Crippen LogP contribution in [0.5, 0.6) is 5.75 Å². The van der Waals surface area contributed by atoms with Crippen molar-refractivity contribution in [2.24, 2.45) is 0 Å². The van der Waals surface area contributed by atoms with Crippen molar-refractivity contribution < 1.29 is 28.6 Å². The Morgan fingerprint density at radius 1 is 1.18 bits per heavy atom. The second-order valence-electron chi connectivity index (χ2n) is 7.31. The average molecular weight is 472 g/mol. The Hall–Kier alpha value is -3.72. The first-order valence-corrected chi connectivity index (χ1v) is 10.4. The zero-order valence-corrected chi connectivity index (χ0v) is 18.0. The number of nitrogens with zero attached hydrogens (tertiary/aromatic N) is 3. The van der Waals surface area contributed by atoms with Crippen LogP contribution in [0.3, 0.4) is 0 Å². The van der Waals surface area contributed by atoms with Gasteiger partial charge in [0.2, 0.25) is 0 Å². The number of amides is 1. The molecule has 33 heavy (non-hydrogen) atoms. The van der Waals surface area contributed by atoms with Gasteiger partial charge in [0.15, 0.2) is 6.61 Å². The molecular weight excluding hydrogens is 453 g/mol. The van der Waals surface area contributed by atoms with Crippen molar-refractivity contribution in [1.82, 2.24) is 14.9 Å². The standard InChI is InChI=1S/C23H19ClFN3O5/c24-15-1-4-20(32-12-21(29)30)19(10-15)22-18-3-2-16(25)9-14(18)6-8-28(22)23(31)33-11-17-5-7-26-13-27-17/h1-5,7,9-10,13,22H,6,8,11-12H2,(H,29,30)/t22-/m0/s1. The maximum atomic E-state index is 13.9. The Morgan fingerprint density at radius 3 is 2.79 bits per heavy atom. The fraction of sp³-hybridized carbons (Fsp3) is 0.217. The van der Waals surface area contributed by atoms with Crippen LogP contribution >= 0.6 is 11.6 Å². The SMILES string of the molecule is O=C(O)COc1ccc(Cl)cc1[C@@H]1c2ccc(F)cc2CCN1C(=O)OCc1ccncn1. The van der Waals surface area contributed by atoms with Gasteiger partial charge in [-0.2, -0.15) is 0 Å². The number of carboxylic acids is 1. The predicted octanol–water partition coefficient (Wildman–Crippen LogP) is 4.02. The van der Waals surface area contributed by atoms with Crippen LogP contribution < -0.4 is 4.74 Å². The number of aliphatic carboxylic acids is 1. The molecule has 170 valence electrons. The summed E-state index contributed by atoms with van der Waals surface area (Å²) in [6.45, 7) is -0.386. The monoisotopic (exact) mass is 471 g/mol. The molecule has 10 heteroatoms. The van der Waals surface area contributed by atoms with Gasteiger partial charge in [-0.1, -0.05) is 17.7 Å². The lowest BCUT2D eigenvalue weighted by atomic mass is 9.88. The Morgan fingerprint density at radius 2 is 2.03 bits per heavy atom. The number of aromatic nitrogens is 2. The molecule has 3 aromatic rings. The Kier molecular flexibility index (Phi) is 6.69. The topological polar surface area (TPSA) is 102 Å². The van der Waals surface area contributed by atoms with Gasteiger partial charge < -0.3 is 14.6 Å². The van der Waals surface area contributed by atoms with Crippen molar-refractivity contribution in [3.05, 3.63) is 88.2 Å². The maximum Gasteiger partial charge on any atom is 0.410 e. The minimum Gasteiger partial charge on any atom is -0.482 e. The zero-order valence-electron chi connectivity index (χ0n) is 17.3. The van der Waals surface area contributed by atoms with Crippen LogP contribution in [0.1, 0.15) is 28.4 Å². The molecule has 1 aliphatic heterocycles. The maximum absolute atomic E-state index is 13.9. The highest BCUT2D eigenvalue weighted by atomic mass is 35.5. The van der Waals surface area contributed by atoms with Gasteiger partial charge in [-0.25, -0.2) is 23.9 Å². The molecule has 1 atom stereocenters. The van der Waals surface area contributed by atoms with E-state index in [1.807, 2.05) is 0 Å². The summed E-state index contributed by atoms with van der Waals surface area (Å²) in [6, 6.07) is 9.95. The summed E-state index contributed by atoms with van der Waals surface area (Å²) >= 11 is 6.24. The number of carbonyl (C=O) groups excluding carboxylic acids is 1. The molecule has 2 heterocycles. The molecule has 1 N–H and O–H groups in total. The number of fused-ring (bicyclic) bond motifs is 1. The van der Waals surface area contributed by atoms with Gasteiger partial charge in [0, 0.05) is 23.3 Å². The van der Waals surface area contributed by atoms with E-state index in [9.17, 15) is 14.0 Å². The second-order valence-corrected chi connectivity index (χ2v) is 7.75. The van der Waals surface area contributed by atoms with Gasteiger partial charge >= 0.3 is 12.1 Å². The largest absolute Gasteiger partial charge is 0.482 e. The molecule has 1 aromatic heterocycles. The van der Waals surface area contributed by atoms with Crippen LogP contribution in [-0.2, 0) is 22.6 Å². The molecule has 0 fully saturated rings. The first-order valence-electron chi connectivity index (χ1n) is 10.0. The van der Waals surface area contributed by atoms with Gasteiger partial charge in [0.05, 0.1) is 11.7 Å². The summed E-state index contributed by atoms with van der Waals surface area (Å²) in [5, 5.41) is 9.42. The Bertz CT molecular complexity index is 1180. The summed E-state index contributed by atoms with van der Waals surface area (Å²) in [4.78, 5) is 33.5. The molecule has 0 saturated carbocycles. The molecule has 0 aliphatic carbocycles. The number of hydrogen-bond donors (Lipinski definition) is 1. The second kappa shape index (κ2) is 9.83. The number of carboxylic acid groups (broad SMARTS) is 1. The smallest absolute Gasteiger partial charge is 0.410 e. The molecule has 1 amide bonds. The van der Waals surface area contributed by atoms with E-state index in [0.717, 1.165) is 5.56 Å². The Balaban J connectivity index is 1.72. The number of halogens is 2. The Labute approximate surface area is 193 Å². The molecule has 0 bridgehead atoms. The average Bonchev–Trinajstić information content (AvgIpc) is 2.81. The molecule has 0 saturated heterocycles. The molecule has 0 unspecified atom stereocenters. The van der Waals surface area contributed by atoms with Crippen molar-refractivity contribution in [2.75, 3.05) is 13.2 Å². The first kappa shape index (κ1) is 22.5. The van der Waals surface area contributed by atoms with E-state index in [1.165, 1.54) is 23.4 Å². The molecular formula is C23H19ClFN3O5. The van der Waals surface area contributed by atoms with Crippen LogP contribution in [0.4, 0.5) is 9.18 Å². The molecule has 0 spiro atoms. The molecule has 4 rings (SSSR count). The lowest BCUT2D eigenvalue weighted by Gasteiger charge is -2.37. The summed E-state index contributed by atoms with van der Waals surface area (Å²) in [6.07, 6.45) is 2.70. The van der Waals surface area contributed by atoms with E-state index in [-0.39, 0.29) is 24.7 Å². The van der Waals surface area contributed by atoms with Crippen molar-refractivity contribution in [3.63, 3.8) is 0 Å². The van der Waals surface area contributed by atoms with E-state index in [2.05, 4.69) is 9.97 Å². The third-order valence-electron chi connectivity index (χ3n) is 5.17. The normalized spacial score (nSPS) is 15.0. The van der Waals surface area contributed by atoms with E-state index in [1.54, 1.807) is 36.5 Å². The minimum atomic E-state index is -1.15. The van der Waals surface area contributed by atoms with Crippen LogP contribution in [-0.4, -0.2) is 45.2 Å². The fourth-order valence-electron chi connectivity index (χ4n) is 3.75. The van der Waals surface area contributed by atoms with E-state index in [4.69, 9.17) is 26.2 Å². The van der Waals surface area contributed by atoms with Gasteiger partial charge in [0.25, 0.3) is 0 Å². The van der Waals surface area contributed by atoms with Gasteiger partial charge in [-0.15, -0.1) is 0 Å². The van der Waals surface area contributed by atoms with Crippen molar-refractivity contribution in [2.45, 2.75) is 19.1 Å². The molecule has 1 aliphatic rings. The molecule has 8 nitrogen and oxygen atoms in total. The van der Waals surface area contributed by atoms with Crippen LogP contribution in [0.15, 0.2) is 55.0 Å². The summed E-state index contributed by atoms with van der Waals surface area (Å²) in [5.74, 6) is -1.29. The highest BCUT2D eigenvalue weighted by molar-refractivity contribution is 6.30. The highest BCUT2D eigenvalue weighted by Crippen LogP contribution is 2.41. The molecule has 2 aromatic carbocycles. The number of rotatable bonds is 6. The van der Waals surface area contributed by atoms with Gasteiger partial charge in [-0.05, 0) is 53.9 Å². The zero-order chi connectivity index (χ0) is 23.4. The van der Waals surface area contributed by atoms with Crippen LogP contribution in [0, 0.1) is 5.82 Å². The summed E-state index contributed by atoms with van der Waals surface area (Å²) < 4.78 is 24.9.